The molecule has 2 N–H and O–H groups in total. The summed E-state index contributed by atoms with van der Waals surface area (Å²) in [6, 6.07) is 18.6. The number of amides is 2. The summed E-state index contributed by atoms with van der Waals surface area (Å²) in [5.41, 5.74) is 5.05. The van der Waals surface area contributed by atoms with Crippen LogP contribution in [0.2, 0.25) is 0 Å². The van der Waals surface area contributed by atoms with Crippen LogP contribution in [0.1, 0.15) is 32.0 Å². The minimum atomic E-state index is -0.226. The predicted molar refractivity (Wildman–Crippen MR) is 107 cm³/mol. The van der Waals surface area contributed by atoms with Gasteiger partial charge in [-0.15, -0.1) is 0 Å². The van der Waals surface area contributed by atoms with E-state index in [0.717, 1.165) is 16.8 Å². The lowest BCUT2D eigenvalue weighted by molar-refractivity contribution is 0.0962. The van der Waals surface area contributed by atoms with E-state index in [1.807, 2.05) is 50.2 Å². The average Bonchev–Trinajstić information content (AvgIpc) is 2.69. The molecule has 27 heavy (non-hydrogen) atoms. The van der Waals surface area contributed by atoms with Crippen molar-refractivity contribution < 1.29 is 9.59 Å². The van der Waals surface area contributed by atoms with Gasteiger partial charge in [-0.1, -0.05) is 30.3 Å². The van der Waals surface area contributed by atoms with Gasteiger partial charge in [0, 0.05) is 23.9 Å². The van der Waals surface area contributed by atoms with Crippen molar-refractivity contribution in [3.63, 3.8) is 0 Å². The fourth-order valence-electron chi connectivity index (χ4n) is 2.85. The summed E-state index contributed by atoms with van der Waals surface area (Å²) in [6.07, 6.45) is 0. The topological polar surface area (TPSA) is 71.1 Å². The van der Waals surface area contributed by atoms with Gasteiger partial charge in [-0.3, -0.25) is 14.6 Å². The molecular formula is C22H21N3O2. The molecule has 0 aliphatic carbocycles. The number of aromatic nitrogens is 1. The Morgan fingerprint density at radius 3 is 2.26 bits per heavy atom. The van der Waals surface area contributed by atoms with Crippen LogP contribution in [0.25, 0.3) is 11.3 Å². The fourth-order valence-corrected chi connectivity index (χ4v) is 2.85. The first-order valence-corrected chi connectivity index (χ1v) is 8.66. The number of hydrogen-bond acceptors (Lipinski definition) is 3. The minimum Gasteiger partial charge on any atom is -0.355 e. The number of nitrogens with one attached hydrogen (secondary N) is 2. The van der Waals surface area contributed by atoms with Gasteiger partial charge in [0.2, 0.25) is 0 Å². The molecule has 0 saturated carbocycles. The van der Waals surface area contributed by atoms with Gasteiger partial charge in [0.05, 0.1) is 17.0 Å². The summed E-state index contributed by atoms with van der Waals surface area (Å²) in [7, 11) is 1.59. The maximum absolute atomic E-state index is 12.7. The van der Waals surface area contributed by atoms with Crippen molar-refractivity contribution >= 4 is 17.5 Å². The van der Waals surface area contributed by atoms with Gasteiger partial charge in [0.25, 0.3) is 11.8 Å². The second kappa shape index (κ2) is 7.83. The zero-order valence-electron chi connectivity index (χ0n) is 15.5. The van der Waals surface area contributed by atoms with Crippen LogP contribution in [0.4, 0.5) is 5.69 Å². The third kappa shape index (κ3) is 4.03. The SMILES string of the molecule is CNC(=O)c1ccc(NC(=O)c2ccc(-c3ccccc3)nc2C)c(C)c1. The normalized spacial score (nSPS) is 10.3. The Kier molecular flexibility index (Phi) is 5.31. The quantitative estimate of drug-likeness (QED) is 0.740. The zero-order valence-corrected chi connectivity index (χ0v) is 15.5. The standard InChI is InChI=1S/C22H21N3O2/c1-14-13-17(21(26)23-3)9-11-19(14)25-22(27)18-10-12-20(24-15(18)2)16-7-5-4-6-8-16/h4-13H,1-3H3,(H,23,26)(H,25,27). The molecule has 3 aromatic rings. The highest BCUT2D eigenvalue weighted by molar-refractivity contribution is 6.06. The van der Waals surface area contributed by atoms with Crippen molar-refractivity contribution in [1.82, 2.24) is 10.3 Å². The Balaban J connectivity index is 1.81. The van der Waals surface area contributed by atoms with Crippen molar-refractivity contribution in [2.45, 2.75) is 13.8 Å². The van der Waals surface area contributed by atoms with Gasteiger partial charge in [-0.05, 0) is 49.7 Å². The molecular weight excluding hydrogens is 338 g/mol. The smallest absolute Gasteiger partial charge is 0.257 e. The largest absolute Gasteiger partial charge is 0.355 e. The number of benzene rings is 2. The Morgan fingerprint density at radius 2 is 1.63 bits per heavy atom. The van der Waals surface area contributed by atoms with Crippen LogP contribution in [-0.4, -0.2) is 23.8 Å². The molecule has 136 valence electrons. The van der Waals surface area contributed by atoms with Crippen LogP contribution in [0.3, 0.4) is 0 Å². The molecule has 0 radical (unpaired) electrons. The highest BCUT2D eigenvalue weighted by Crippen LogP contribution is 2.21. The van der Waals surface area contributed by atoms with E-state index in [0.29, 0.717) is 22.5 Å². The third-order valence-corrected chi connectivity index (χ3v) is 4.36. The van der Waals surface area contributed by atoms with E-state index in [1.165, 1.54) is 0 Å². The molecule has 0 atom stereocenters. The lowest BCUT2D eigenvalue weighted by Gasteiger charge is -2.12. The predicted octanol–water partition coefficient (Wildman–Crippen LogP) is 3.98. The van der Waals surface area contributed by atoms with Crippen LogP contribution in [0.5, 0.6) is 0 Å². The molecule has 0 bridgehead atoms. The molecule has 5 nitrogen and oxygen atoms in total. The molecule has 0 saturated heterocycles. The second-order valence-electron chi connectivity index (χ2n) is 6.26. The lowest BCUT2D eigenvalue weighted by atomic mass is 10.1. The monoisotopic (exact) mass is 359 g/mol. The van der Waals surface area contributed by atoms with Crippen molar-refractivity contribution in [1.29, 1.82) is 0 Å². The van der Waals surface area contributed by atoms with Gasteiger partial charge in [0.15, 0.2) is 0 Å². The number of carbonyl (C=O) groups excluding carboxylic acids is 2. The van der Waals surface area contributed by atoms with Crippen LogP contribution in [0, 0.1) is 13.8 Å². The number of anilines is 1. The van der Waals surface area contributed by atoms with Crippen LogP contribution in [-0.2, 0) is 0 Å². The first kappa shape index (κ1) is 18.3. The van der Waals surface area contributed by atoms with E-state index >= 15 is 0 Å². The fraction of sp³-hybridized carbons (Fsp3) is 0.136. The van der Waals surface area contributed by atoms with Gasteiger partial charge >= 0.3 is 0 Å². The molecule has 0 aliphatic heterocycles. The Morgan fingerprint density at radius 1 is 0.889 bits per heavy atom. The minimum absolute atomic E-state index is 0.160. The van der Waals surface area contributed by atoms with E-state index in [4.69, 9.17) is 0 Å². The maximum atomic E-state index is 12.7. The third-order valence-electron chi connectivity index (χ3n) is 4.36. The lowest BCUT2D eigenvalue weighted by Crippen LogP contribution is -2.18. The number of pyridine rings is 1. The van der Waals surface area contributed by atoms with Crippen LogP contribution >= 0.6 is 0 Å². The molecule has 2 amide bonds. The van der Waals surface area contributed by atoms with E-state index in [-0.39, 0.29) is 11.8 Å². The number of rotatable bonds is 4. The highest BCUT2D eigenvalue weighted by Gasteiger charge is 2.13. The maximum Gasteiger partial charge on any atom is 0.257 e. The first-order valence-electron chi connectivity index (χ1n) is 8.66. The van der Waals surface area contributed by atoms with Crippen molar-refractivity contribution in [2.75, 3.05) is 12.4 Å². The van der Waals surface area contributed by atoms with Crippen molar-refractivity contribution in [3.05, 3.63) is 83.0 Å². The summed E-state index contributed by atoms with van der Waals surface area (Å²) in [4.78, 5) is 29.0. The van der Waals surface area contributed by atoms with Crippen LogP contribution in [0.15, 0.2) is 60.7 Å². The van der Waals surface area contributed by atoms with E-state index < -0.39 is 0 Å². The first-order chi connectivity index (χ1) is 13.0. The molecule has 0 unspecified atom stereocenters. The summed E-state index contributed by atoms with van der Waals surface area (Å²) >= 11 is 0. The van der Waals surface area contributed by atoms with Crippen molar-refractivity contribution in [2.24, 2.45) is 0 Å². The molecule has 1 heterocycles. The number of carbonyl (C=O) groups is 2. The van der Waals surface area contributed by atoms with Gasteiger partial charge in [0.1, 0.15) is 0 Å². The van der Waals surface area contributed by atoms with Crippen molar-refractivity contribution in [3.8, 4) is 11.3 Å². The Hall–Kier alpha value is -3.47. The second-order valence-corrected chi connectivity index (χ2v) is 6.26. The molecule has 0 spiro atoms. The zero-order chi connectivity index (χ0) is 19.4. The number of aryl methyl sites for hydroxylation is 2. The molecule has 0 aliphatic rings. The molecule has 2 aromatic carbocycles. The Bertz CT molecular complexity index is 998. The van der Waals surface area contributed by atoms with Gasteiger partial charge < -0.3 is 10.6 Å². The van der Waals surface area contributed by atoms with Crippen LogP contribution < -0.4 is 10.6 Å². The molecule has 5 heteroatoms. The Labute approximate surface area is 158 Å². The van der Waals surface area contributed by atoms with Gasteiger partial charge in [-0.25, -0.2) is 0 Å². The summed E-state index contributed by atoms with van der Waals surface area (Å²) < 4.78 is 0. The number of hydrogen-bond donors (Lipinski definition) is 2. The highest BCUT2D eigenvalue weighted by atomic mass is 16.2. The number of nitrogens with zero attached hydrogens (tertiary/aromatic N) is 1. The van der Waals surface area contributed by atoms with E-state index in [9.17, 15) is 9.59 Å². The average molecular weight is 359 g/mol. The summed E-state index contributed by atoms with van der Waals surface area (Å²) in [5.74, 6) is -0.386. The molecule has 3 rings (SSSR count). The summed E-state index contributed by atoms with van der Waals surface area (Å²) in [6.45, 7) is 3.68. The summed E-state index contributed by atoms with van der Waals surface area (Å²) in [5, 5.41) is 5.49. The van der Waals surface area contributed by atoms with E-state index in [1.54, 1.807) is 31.3 Å². The molecule has 1 aromatic heterocycles. The van der Waals surface area contributed by atoms with E-state index in [2.05, 4.69) is 15.6 Å². The molecule has 0 fully saturated rings. The van der Waals surface area contributed by atoms with Gasteiger partial charge in [-0.2, -0.15) is 0 Å².